The maximum atomic E-state index is 5.91. The van der Waals surface area contributed by atoms with Crippen LogP contribution in [0.25, 0.3) is 0 Å². The molecule has 0 aromatic carbocycles. The number of nitrogens with one attached hydrogen (secondary N) is 2. The molecule has 2 rings (SSSR count). The summed E-state index contributed by atoms with van der Waals surface area (Å²) >= 11 is 0. The molecule has 0 aliphatic carbocycles. The SMILES string of the molecule is CN=C(NCCCOC1CCOCC1)NCC(C)(C)N1CCCCC1. The lowest BCUT2D eigenvalue weighted by Gasteiger charge is -2.41. The topological polar surface area (TPSA) is 58.1 Å². The smallest absolute Gasteiger partial charge is 0.191 e. The summed E-state index contributed by atoms with van der Waals surface area (Å²) in [6, 6.07) is 0. The van der Waals surface area contributed by atoms with Crippen molar-refractivity contribution >= 4 is 5.96 Å². The van der Waals surface area contributed by atoms with E-state index in [1.165, 1.54) is 32.4 Å². The lowest BCUT2D eigenvalue weighted by molar-refractivity contribution is -0.0320. The highest BCUT2D eigenvalue weighted by Crippen LogP contribution is 2.19. The van der Waals surface area contributed by atoms with Gasteiger partial charge in [-0.15, -0.1) is 0 Å². The van der Waals surface area contributed by atoms with Gasteiger partial charge in [0.15, 0.2) is 5.96 Å². The largest absolute Gasteiger partial charge is 0.381 e. The van der Waals surface area contributed by atoms with Crippen molar-refractivity contribution < 1.29 is 9.47 Å². The Morgan fingerprint density at radius 1 is 1.16 bits per heavy atom. The van der Waals surface area contributed by atoms with Crippen LogP contribution in [-0.4, -0.2) is 75.5 Å². The van der Waals surface area contributed by atoms with Gasteiger partial charge in [0.25, 0.3) is 0 Å². The molecule has 2 fully saturated rings. The maximum Gasteiger partial charge on any atom is 0.191 e. The monoisotopic (exact) mass is 354 g/mol. The summed E-state index contributed by atoms with van der Waals surface area (Å²) in [5, 5.41) is 6.89. The highest BCUT2D eigenvalue weighted by Gasteiger charge is 2.27. The van der Waals surface area contributed by atoms with Gasteiger partial charge in [-0.3, -0.25) is 9.89 Å². The summed E-state index contributed by atoms with van der Waals surface area (Å²) in [7, 11) is 1.84. The molecule has 6 heteroatoms. The molecular formula is C19H38N4O2. The van der Waals surface area contributed by atoms with E-state index >= 15 is 0 Å². The molecule has 2 N–H and O–H groups in total. The van der Waals surface area contributed by atoms with Crippen molar-refractivity contribution in [3.8, 4) is 0 Å². The van der Waals surface area contributed by atoms with Crippen LogP contribution in [0.5, 0.6) is 0 Å². The summed E-state index contributed by atoms with van der Waals surface area (Å²) in [5.41, 5.74) is 0.157. The van der Waals surface area contributed by atoms with Crippen LogP contribution in [0.1, 0.15) is 52.4 Å². The van der Waals surface area contributed by atoms with Gasteiger partial charge in [0.05, 0.1) is 6.10 Å². The molecule has 6 nitrogen and oxygen atoms in total. The number of nitrogens with zero attached hydrogens (tertiary/aromatic N) is 2. The molecule has 0 amide bonds. The Labute approximate surface area is 153 Å². The lowest BCUT2D eigenvalue weighted by Crippen LogP contribution is -2.54. The molecule has 0 aromatic rings. The molecule has 0 unspecified atom stereocenters. The minimum absolute atomic E-state index is 0.157. The Balaban J connectivity index is 1.58. The Bertz CT molecular complexity index is 389. The van der Waals surface area contributed by atoms with Crippen LogP contribution >= 0.6 is 0 Å². The Hall–Kier alpha value is -0.850. The fraction of sp³-hybridized carbons (Fsp3) is 0.947. The van der Waals surface area contributed by atoms with Gasteiger partial charge in [-0.2, -0.15) is 0 Å². The Kier molecular flexibility index (Phi) is 8.99. The first-order chi connectivity index (χ1) is 12.1. The molecule has 2 heterocycles. The quantitative estimate of drug-likeness (QED) is 0.397. The summed E-state index contributed by atoms with van der Waals surface area (Å²) in [6.07, 6.45) is 7.46. The van der Waals surface area contributed by atoms with Crippen LogP contribution in [0, 0.1) is 0 Å². The van der Waals surface area contributed by atoms with Crippen molar-refractivity contribution in [3.05, 3.63) is 0 Å². The third kappa shape index (κ3) is 7.50. The van der Waals surface area contributed by atoms with Gasteiger partial charge in [-0.05, 0) is 59.0 Å². The third-order valence-corrected chi connectivity index (χ3v) is 5.26. The van der Waals surface area contributed by atoms with E-state index in [9.17, 15) is 0 Å². The molecule has 0 radical (unpaired) electrons. The van der Waals surface area contributed by atoms with Gasteiger partial charge in [-0.1, -0.05) is 6.42 Å². The number of ether oxygens (including phenoxy) is 2. The van der Waals surface area contributed by atoms with Crippen molar-refractivity contribution in [3.63, 3.8) is 0 Å². The van der Waals surface area contributed by atoms with Crippen LogP contribution in [0.3, 0.4) is 0 Å². The normalized spacial score (nSPS) is 21.3. The second kappa shape index (κ2) is 11.0. The number of aliphatic imine (C=N–C) groups is 1. The Morgan fingerprint density at radius 2 is 1.88 bits per heavy atom. The van der Waals surface area contributed by atoms with Crippen molar-refractivity contribution in [1.82, 2.24) is 15.5 Å². The van der Waals surface area contributed by atoms with E-state index in [0.717, 1.165) is 58.1 Å². The predicted molar refractivity (Wildman–Crippen MR) is 103 cm³/mol. The van der Waals surface area contributed by atoms with Gasteiger partial charge in [0.2, 0.25) is 0 Å². The zero-order chi connectivity index (χ0) is 18.0. The maximum absolute atomic E-state index is 5.91. The summed E-state index contributed by atoms with van der Waals surface area (Å²) in [4.78, 5) is 6.94. The summed E-state index contributed by atoms with van der Waals surface area (Å²) in [6.45, 7) is 11.3. The number of rotatable bonds is 8. The predicted octanol–water partition coefficient (Wildman–Crippen LogP) is 2.00. The average molecular weight is 355 g/mol. The number of likely N-dealkylation sites (tertiary alicyclic amines) is 1. The van der Waals surface area contributed by atoms with E-state index < -0.39 is 0 Å². The third-order valence-electron chi connectivity index (χ3n) is 5.26. The first-order valence-corrected chi connectivity index (χ1v) is 10.0. The fourth-order valence-corrected chi connectivity index (χ4v) is 3.50. The molecule has 0 saturated carbocycles. The fourth-order valence-electron chi connectivity index (χ4n) is 3.50. The van der Waals surface area contributed by atoms with Crippen LogP contribution in [-0.2, 0) is 9.47 Å². The first-order valence-electron chi connectivity index (χ1n) is 10.0. The molecule has 25 heavy (non-hydrogen) atoms. The second-order valence-corrected chi connectivity index (χ2v) is 7.75. The molecule has 0 spiro atoms. The van der Waals surface area contributed by atoms with Gasteiger partial charge in [0.1, 0.15) is 0 Å². The molecule has 0 atom stereocenters. The standard InChI is InChI=1S/C19H38N4O2/c1-19(2,23-11-5-4-6-12-23)16-22-18(20-3)21-10-7-13-25-17-8-14-24-15-9-17/h17H,4-16H2,1-3H3,(H2,20,21,22). The van der Waals surface area contributed by atoms with E-state index in [1.54, 1.807) is 0 Å². The Morgan fingerprint density at radius 3 is 2.56 bits per heavy atom. The molecular weight excluding hydrogens is 316 g/mol. The molecule has 0 aromatic heterocycles. The van der Waals surface area contributed by atoms with Crippen molar-refractivity contribution in [2.24, 2.45) is 4.99 Å². The van der Waals surface area contributed by atoms with Gasteiger partial charge >= 0.3 is 0 Å². The van der Waals surface area contributed by atoms with E-state index in [1.807, 2.05) is 7.05 Å². The van der Waals surface area contributed by atoms with E-state index in [0.29, 0.717) is 6.10 Å². The summed E-state index contributed by atoms with van der Waals surface area (Å²) in [5.74, 6) is 0.885. The zero-order valence-electron chi connectivity index (χ0n) is 16.5. The average Bonchev–Trinajstić information content (AvgIpc) is 2.65. The molecule has 2 aliphatic rings. The molecule has 2 aliphatic heterocycles. The van der Waals surface area contributed by atoms with E-state index in [2.05, 4.69) is 34.4 Å². The van der Waals surface area contributed by atoms with Gasteiger partial charge in [0, 0.05) is 45.5 Å². The van der Waals surface area contributed by atoms with Crippen molar-refractivity contribution in [2.45, 2.75) is 64.0 Å². The van der Waals surface area contributed by atoms with Crippen LogP contribution in [0.15, 0.2) is 4.99 Å². The highest BCUT2D eigenvalue weighted by molar-refractivity contribution is 5.79. The molecule has 146 valence electrons. The van der Waals surface area contributed by atoms with E-state index in [4.69, 9.17) is 9.47 Å². The number of hydrogen-bond donors (Lipinski definition) is 2. The summed E-state index contributed by atoms with van der Waals surface area (Å²) < 4.78 is 11.3. The first kappa shape index (κ1) is 20.5. The highest BCUT2D eigenvalue weighted by atomic mass is 16.5. The molecule has 0 bridgehead atoms. The lowest BCUT2D eigenvalue weighted by atomic mass is 9.98. The van der Waals surface area contributed by atoms with Crippen LogP contribution < -0.4 is 10.6 Å². The second-order valence-electron chi connectivity index (χ2n) is 7.75. The van der Waals surface area contributed by atoms with Crippen LogP contribution in [0.2, 0.25) is 0 Å². The minimum atomic E-state index is 0.157. The zero-order valence-corrected chi connectivity index (χ0v) is 16.5. The van der Waals surface area contributed by atoms with Crippen molar-refractivity contribution in [1.29, 1.82) is 0 Å². The van der Waals surface area contributed by atoms with Crippen molar-refractivity contribution in [2.75, 3.05) is 53.0 Å². The number of guanidine groups is 1. The van der Waals surface area contributed by atoms with Crippen LogP contribution in [0.4, 0.5) is 0 Å². The number of hydrogen-bond acceptors (Lipinski definition) is 4. The minimum Gasteiger partial charge on any atom is -0.381 e. The van der Waals surface area contributed by atoms with E-state index in [-0.39, 0.29) is 5.54 Å². The number of piperidine rings is 1. The van der Waals surface area contributed by atoms with Gasteiger partial charge in [-0.25, -0.2) is 0 Å². The van der Waals surface area contributed by atoms with Gasteiger partial charge < -0.3 is 20.1 Å². The molecule has 2 saturated heterocycles.